The molecule has 8 nitrogen and oxygen atoms in total. The average molecular weight is 736 g/mol. The molecule has 0 saturated heterocycles. The summed E-state index contributed by atoms with van der Waals surface area (Å²) in [6.45, 7) is 0. The van der Waals surface area contributed by atoms with Crippen LogP contribution in [-0.4, -0.2) is 31.7 Å². The number of halogens is 5. The lowest BCUT2D eigenvalue weighted by Crippen LogP contribution is -2.11. The summed E-state index contributed by atoms with van der Waals surface area (Å²) in [5.41, 5.74) is 2.56. The summed E-state index contributed by atoms with van der Waals surface area (Å²) >= 11 is 0. The third kappa shape index (κ3) is 9.72. The van der Waals surface area contributed by atoms with E-state index in [4.69, 9.17) is 4.55 Å². The quantitative estimate of drug-likeness (QED) is 0.0496. The molecule has 5 aromatic rings. The summed E-state index contributed by atoms with van der Waals surface area (Å²) in [6.07, 6.45) is 5.88. The molecule has 1 aliphatic carbocycles. The van der Waals surface area contributed by atoms with Gasteiger partial charge in [-0.3, -0.25) is 13.9 Å². The van der Waals surface area contributed by atoms with Crippen LogP contribution in [0.2, 0.25) is 0 Å². The van der Waals surface area contributed by atoms with Crippen LogP contribution in [0.15, 0.2) is 107 Å². The predicted molar refractivity (Wildman–Crippen MR) is 177 cm³/mol. The largest absolute Gasteiger partial charge is 0.355 e. The van der Waals surface area contributed by atoms with E-state index in [-0.39, 0.29) is 4.90 Å². The van der Waals surface area contributed by atoms with Gasteiger partial charge in [-0.15, -0.1) is 0 Å². The Kier molecular flexibility index (Phi) is 12.5. The van der Waals surface area contributed by atoms with Gasteiger partial charge in [-0.1, -0.05) is 92.4 Å². The van der Waals surface area contributed by atoms with Crippen molar-refractivity contribution in [2.24, 2.45) is 5.92 Å². The number of benzene rings is 5. The van der Waals surface area contributed by atoms with Gasteiger partial charge in [0.1, 0.15) is 0 Å². The summed E-state index contributed by atoms with van der Waals surface area (Å²) in [6, 6.07) is 29.4. The molecule has 0 spiro atoms. The highest BCUT2D eigenvalue weighted by molar-refractivity contribution is 7.86. The number of nitrogens with one attached hydrogen (secondary N) is 1. The van der Waals surface area contributed by atoms with Crippen LogP contribution in [0, 0.1) is 35.0 Å². The van der Waals surface area contributed by atoms with E-state index >= 15 is 0 Å². The zero-order valence-electron chi connectivity index (χ0n) is 26.0. The minimum absolute atomic E-state index is 0.114. The number of anilines is 2. The maximum atomic E-state index is 12.6. The van der Waals surface area contributed by atoms with Crippen LogP contribution in [0.5, 0.6) is 0 Å². The van der Waals surface area contributed by atoms with Gasteiger partial charge in [0.05, 0.1) is 4.90 Å². The smallest absolute Gasteiger partial charge is 0.300 e. The van der Waals surface area contributed by atoms with Crippen molar-refractivity contribution in [1.29, 1.82) is 0 Å². The second-order valence-electron chi connectivity index (χ2n) is 11.2. The first-order valence-corrected chi connectivity index (χ1v) is 17.9. The molecule has 0 aromatic heterocycles. The molecule has 0 radical (unpaired) electrons. The van der Waals surface area contributed by atoms with E-state index in [0.717, 1.165) is 34.1 Å². The molecule has 3 N–H and O–H groups in total. The standard InChI is InChI=1S/C16H13NO3S.C13H16O.C6HF5O3S/c18-21(19,20)14-10-9-12-5-4-8-16(15(12)11-14)17-13-6-2-1-3-7-13;14-13(10-11-6-4-5-7-11)12-8-2-1-3-9-12;7-1-2(8)4(10)6(15(12,13)14)5(11)3(1)9/h1-11,17H,(H,18,19,20);1-3,8-9,11H,4-7,10H2;(H,12,13,14). The molecule has 0 aliphatic heterocycles. The lowest BCUT2D eigenvalue weighted by molar-refractivity contribution is 0.0962. The molecular formula is C35H30F5NO7S2. The van der Waals surface area contributed by atoms with Gasteiger partial charge in [0, 0.05) is 28.7 Å². The van der Waals surface area contributed by atoms with Crippen molar-refractivity contribution in [2.75, 3.05) is 5.32 Å². The summed E-state index contributed by atoms with van der Waals surface area (Å²) in [7, 11) is -9.73. The third-order valence-electron chi connectivity index (χ3n) is 7.68. The van der Waals surface area contributed by atoms with Crippen LogP contribution in [0.1, 0.15) is 42.5 Å². The van der Waals surface area contributed by atoms with Gasteiger partial charge in [-0.05, 0) is 41.6 Å². The Morgan fingerprint density at radius 2 is 1.20 bits per heavy atom. The highest BCUT2D eigenvalue weighted by atomic mass is 32.2. The van der Waals surface area contributed by atoms with Gasteiger partial charge in [0.25, 0.3) is 10.1 Å². The first kappa shape index (κ1) is 38.1. The Labute approximate surface area is 285 Å². The van der Waals surface area contributed by atoms with E-state index in [9.17, 15) is 48.1 Å². The first-order valence-electron chi connectivity index (χ1n) is 15.0. The predicted octanol–water partition coefficient (Wildman–Crippen LogP) is 8.91. The summed E-state index contributed by atoms with van der Waals surface area (Å²) in [4.78, 5) is 9.42. The monoisotopic (exact) mass is 735 g/mol. The summed E-state index contributed by atoms with van der Waals surface area (Å²) in [5.74, 6) is -11.6. The van der Waals surface area contributed by atoms with E-state index in [1.165, 1.54) is 37.8 Å². The molecule has 6 rings (SSSR count). The van der Waals surface area contributed by atoms with Crippen LogP contribution in [0.3, 0.4) is 0 Å². The lowest BCUT2D eigenvalue weighted by atomic mass is 9.97. The van der Waals surface area contributed by atoms with Crippen molar-refractivity contribution in [3.05, 3.63) is 132 Å². The zero-order chi connectivity index (χ0) is 36.6. The second kappa shape index (κ2) is 16.3. The molecule has 0 heterocycles. The SMILES string of the molecule is O=C(CC1CCCC1)c1ccccc1.O=S(=O)(O)c1c(F)c(F)c(F)c(F)c1F.O=S(=O)(O)c1ccc2cccc(Nc3ccccc3)c2c1. The average Bonchev–Trinajstić information content (AvgIpc) is 3.60. The minimum Gasteiger partial charge on any atom is -0.355 e. The number of hydrogen-bond donors (Lipinski definition) is 3. The number of rotatable bonds is 7. The first-order chi connectivity index (χ1) is 23.6. The number of fused-ring (bicyclic) bond motifs is 1. The third-order valence-corrected chi connectivity index (χ3v) is 9.40. The van der Waals surface area contributed by atoms with Crippen LogP contribution < -0.4 is 5.32 Å². The highest BCUT2D eigenvalue weighted by Gasteiger charge is 2.32. The lowest BCUT2D eigenvalue weighted by Gasteiger charge is -2.10. The van der Waals surface area contributed by atoms with Crippen LogP contribution in [0.25, 0.3) is 10.8 Å². The molecule has 0 bridgehead atoms. The number of carbonyl (C=O) groups excluding carboxylic acids is 1. The molecule has 0 atom stereocenters. The Hall–Kier alpha value is -4.70. The fraction of sp³-hybridized carbons (Fsp3) is 0.171. The van der Waals surface area contributed by atoms with Crippen molar-refractivity contribution >= 4 is 48.2 Å². The Bertz CT molecular complexity index is 2170. The molecule has 0 amide bonds. The van der Waals surface area contributed by atoms with E-state index in [0.29, 0.717) is 11.7 Å². The molecular weight excluding hydrogens is 706 g/mol. The molecule has 1 aliphatic rings. The van der Waals surface area contributed by atoms with Crippen molar-refractivity contribution in [1.82, 2.24) is 0 Å². The van der Waals surface area contributed by atoms with Gasteiger partial charge < -0.3 is 5.32 Å². The Balaban J connectivity index is 0.000000174. The summed E-state index contributed by atoms with van der Waals surface area (Å²) in [5, 5.41) is 4.87. The normalized spacial score (nSPS) is 13.2. The highest BCUT2D eigenvalue weighted by Crippen LogP contribution is 2.30. The van der Waals surface area contributed by atoms with Crippen molar-refractivity contribution in [3.8, 4) is 0 Å². The second-order valence-corrected chi connectivity index (χ2v) is 14.0. The Morgan fingerprint density at radius 1 is 0.660 bits per heavy atom. The summed E-state index contributed by atoms with van der Waals surface area (Å²) < 4.78 is 123. The number of carbonyl (C=O) groups is 1. The molecule has 5 aromatic carbocycles. The van der Waals surface area contributed by atoms with Gasteiger partial charge in [-0.25, -0.2) is 22.0 Å². The number of para-hydroxylation sites is 1. The van der Waals surface area contributed by atoms with Gasteiger partial charge in [0.2, 0.25) is 5.82 Å². The van der Waals surface area contributed by atoms with Crippen molar-refractivity contribution in [3.63, 3.8) is 0 Å². The molecule has 264 valence electrons. The molecule has 1 saturated carbocycles. The zero-order valence-corrected chi connectivity index (χ0v) is 27.6. The van der Waals surface area contributed by atoms with E-state index < -0.39 is 54.2 Å². The van der Waals surface area contributed by atoms with Crippen molar-refractivity contribution in [2.45, 2.75) is 41.9 Å². The maximum absolute atomic E-state index is 12.6. The topological polar surface area (TPSA) is 138 Å². The van der Waals surface area contributed by atoms with E-state index in [1.807, 2.05) is 78.9 Å². The maximum Gasteiger partial charge on any atom is 0.300 e. The fourth-order valence-electron chi connectivity index (χ4n) is 5.23. The Morgan fingerprint density at radius 3 is 1.74 bits per heavy atom. The number of Topliss-reactive ketones (excluding diaryl/α,β-unsaturated/α-hetero) is 1. The molecule has 1 fully saturated rings. The van der Waals surface area contributed by atoms with Crippen LogP contribution in [-0.2, 0) is 20.2 Å². The number of ketones is 1. The molecule has 15 heteroatoms. The van der Waals surface area contributed by atoms with E-state index in [1.54, 1.807) is 6.07 Å². The van der Waals surface area contributed by atoms with Gasteiger partial charge in [0.15, 0.2) is 33.9 Å². The van der Waals surface area contributed by atoms with Crippen molar-refractivity contribution < 1.29 is 52.7 Å². The van der Waals surface area contributed by atoms with Gasteiger partial charge >= 0.3 is 10.1 Å². The molecule has 50 heavy (non-hydrogen) atoms. The van der Waals surface area contributed by atoms with Crippen LogP contribution in [0.4, 0.5) is 33.3 Å². The van der Waals surface area contributed by atoms with E-state index in [2.05, 4.69) is 5.32 Å². The van der Waals surface area contributed by atoms with Gasteiger partial charge in [-0.2, -0.15) is 16.8 Å². The minimum atomic E-state index is -5.52. The fourth-order valence-corrected chi connectivity index (χ4v) is 6.37. The van der Waals surface area contributed by atoms with Crippen LogP contribution >= 0.6 is 0 Å². The molecule has 0 unspecified atom stereocenters. The number of hydrogen-bond acceptors (Lipinski definition) is 6.